The van der Waals surface area contributed by atoms with Gasteiger partial charge in [-0.3, -0.25) is 15.2 Å². The van der Waals surface area contributed by atoms with Gasteiger partial charge in [-0.25, -0.2) is 5.84 Å². The van der Waals surface area contributed by atoms with Crippen LogP contribution in [0.25, 0.3) is 6.08 Å². The van der Waals surface area contributed by atoms with E-state index in [-0.39, 0.29) is 5.91 Å². The molecule has 62 valence electrons. The van der Waals surface area contributed by atoms with E-state index in [9.17, 15) is 4.79 Å². The minimum Gasteiger partial charge on any atom is -0.291 e. The van der Waals surface area contributed by atoms with Crippen LogP contribution in [0.15, 0.2) is 30.6 Å². The molecular formula is C8H9N3O. The molecule has 0 bridgehead atoms. The highest BCUT2D eigenvalue weighted by Gasteiger charge is 1.88. The van der Waals surface area contributed by atoms with Gasteiger partial charge >= 0.3 is 0 Å². The summed E-state index contributed by atoms with van der Waals surface area (Å²) in [5.41, 5.74) is 2.90. The van der Waals surface area contributed by atoms with Crippen molar-refractivity contribution in [3.8, 4) is 0 Å². The fourth-order valence-corrected chi connectivity index (χ4v) is 0.695. The lowest BCUT2D eigenvalue weighted by atomic mass is 10.2. The number of aromatic nitrogens is 1. The van der Waals surface area contributed by atoms with Crippen molar-refractivity contribution in [1.29, 1.82) is 0 Å². The van der Waals surface area contributed by atoms with Gasteiger partial charge in [-0.1, -0.05) is 0 Å². The number of hydrogen-bond acceptors (Lipinski definition) is 3. The van der Waals surface area contributed by atoms with Crippen LogP contribution in [0.1, 0.15) is 5.56 Å². The lowest BCUT2D eigenvalue weighted by Crippen LogP contribution is -2.27. The second-order valence-corrected chi connectivity index (χ2v) is 2.12. The maximum atomic E-state index is 10.6. The van der Waals surface area contributed by atoms with Crippen LogP contribution in [0.4, 0.5) is 0 Å². The average molecular weight is 163 g/mol. The van der Waals surface area contributed by atoms with E-state index >= 15 is 0 Å². The molecule has 0 aliphatic rings. The zero-order valence-electron chi connectivity index (χ0n) is 6.40. The number of pyridine rings is 1. The molecule has 0 atom stereocenters. The summed E-state index contributed by atoms with van der Waals surface area (Å²) in [6, 6.07) is 3.58. The Labute approximate surface area is 70.1 Å². The van der Waals surface area contributed by atoms with Crippen molar-refractivity contribution in [2.75, 3.05) is 0 Å². The average Bonchev–Trinajstić information content (AvgIpc) is 2.16. The lowest BCUT2D eigenvalue weighted by Gasteiger charge is -1.90. The van der Waals surface area contributed by atoms with E-state index in [0.29, 0.717) is 0 Å². The summed E-state index contributed by atoms with van der Waals surface area (Å²) in [6.45, 7) is 0. The Kier molecular flexibility index (Phi) is 2.98. The number of nitrogens with zero attached hydrogens (tertiary/aromatic N) is 1. The molecule has 4 heteroatoms. The molecule has 3 N–H and O–H groups in total. The largest absolute Gasteiger partial charge is 0.291 e. The van der Waals surface area contributed by atoms with Crippen LogP contribution in [0, 0.1) is 0 Å². The topological polar surface area (TPSA) is 68.0 Å². The Bertz CT molecular complexity index is 282. The summed E-state index contributed by atoms with van der Waals surface area (Å²) in [5, 5.41) is 0. The fourth-order valence-electron chi connectivity index (χ4n) is 0.695. The highest BCUT2D eigenvalue weighted by molar-refractivity contribution is 5.91. The summed E-state index contributed by atoms with van der Waals surface area (Å²) < 4.78 is 0. The van der Waals surface area contributed by atoms with E-state index < -0.39 is 0 Å². The molecule has 0 aliphatic heterocycles. The Hall–Kier alpha value is -1.68. The Balaban J connectivity index is 2.64. The van der Waals surface area contributed by atoms with E-state index in [2.05, 4.69) is 4.98 Å². The third-order valence-corrected chi connectivity index (χ3v) is 1.28. The predicted octanol–water partition coefficient (Wildman–Crippen LogP) is 0.0847. The van der Waals surface area contributed by atoms with Crippen molar-refractivity contribution in [2.24, 2.45) is 5.84 Å². The standard InChI is InChI=1S/C8H9N3O/c9-11-8(12)2-1-7-3-5-10-6-4-7/h1-6H,9H2,(H,11,12)/b2-1+. The molecule has 0 saturated carbocycles. The van der Waals surface area contributed by atoms with Gasteiger partial charge in [-0.15, -0.1) is 0 Å². The van der Waals surface area contributed by atoms with Crippen molar-refractivity contribution in [3.63, 3.8) is 0 Å². The molecular weight excluding hydrogens is 154 g/mol. The first kappa shape index (κ1) is 8.42. The molecule has 12 heavy (non-hydrogen) atoms. The Morgan fingerprint density at radius 1 is 1.50 bits per heavy atom. The zero-order chi connectivity index (χ0) is 8.81. The van der Waals surface area contributed by atoms with Gasteiger partial charge in [0.1, 0.15) is 0 Å². The number of rotatable bonds is 2. The minimum absolute atomic E-state index is 0.327. The molecule has 1 aromatic heterocycles. The van der Waals surface area contributed by atoms with Crippen LogP contribution >= 0.6 is 0 Å². The maximum Gasteiger partial charge on any atom is 0.257 e. The third-order valence-electron chi connectivity index (χ3n) is 1.28. The molecule has 1 amide bonds. The highest BCUT2D eigenvalue weighted by atomic mass is 16.2. The van der Waals surface area contributed by atoms with Crippen LogP contribution in [0.3, 0.4) is 0 Å². The number of amides is 1. The SMILES string of the molecule is NNC(=O)/C=C/c1ccncc1. The smallest absolute Gasteiger partial charge is 0.257 e. The number of hydrogen-bond donors (Lipinski definition) is 2. The van der Waals surface area contributed by atoms with Gasteiger partial charge in [0.25, 0.3) is 5.91 Å². The Morgan fingerprint density at radius 2 is 2.17 bits per heavy atom. The fraction of sp³-hybridized carbons (Fsp3) is 0. The molecule has 4 nitrogen and oxygen atoms in total. The first-order valence-corrected chi connectivity index (χ1v) is 3.41. The van der Waals surface area contributed by atoms with E-state index in [4.69, 9.17) is 5.84 Å². The molecule has 0 spiro atoms. The normalized spacial score (nSPS) is 10.1. The first-order chi connectivity index (χ1) is 5.83. The van der Waals surface area contributed by atoms with E-state index in [1.165, 1.54) is 6.08 Å². The molecule has 1 rings (SSSR count). The summed E-state index contributed by atoms with van der Waals surface area (Å²) in [6.07, 6.45) is 6.32. The lowest BCUT2D eigenvalue weighted by molar-refractivity contribution is -0.116. The number of carbonyl (C=O) groups is 1. The minimum atomic E-state index is -0.327. The molecule has 0 aromatic carbocycles. The zero-order valence-corrected chi connectivity index (χ0v) is 6.40. The Morgan fingerprint density at radius 3 is 2.75 bits per heavy atom. The number of carbonyl (C=O) groups excluding carboxylic acids is 1. The van der Waals surface area contributed by atoms with Crippen molar-refractivity contribution in [1.82, 2.24) is 10.4 Å². The van der Waals surface area contributed by atoms with E-state index in [1.54, 1.807) is 30.6 Å². The second-order valence-electron chi connectivity index (χ2n) is 2.12. The van der Waals surface area contributed by atoms with Crippen LogP contribution < -0.4 is 11.3 Å². The van der Waals surface area contributed by atoms with Gasteiger partial charge in [0.15, 0.2) is 0 Å². The van der Waals surface area contributed by atoms with Gasteiger partial charge in [0, 0.05) is 18.5 Å². The van der Waals surface area contributed by atoms with Crippen molar-refractivity contribution >= 4 is 12.0 Å². The van der Waals surface area contributed by atoms with Gasteiger partial charge in [-0.2, -0.15) is 0 Å². The van der Waals surface area contributed by atoms with Crippen LogP contribution in [0.2, 0.25) is 0 Å². The molecule has 0 fully saturated rings. The van der Waals surface area contributed by atoms with Gasteiger partial charge in [-0.05, 0) is 23.8 Å². The van der Waals surface area contributed by atoms with Crippen molar-refractivity contribution in [3.05, 3.63) is 36.2 Å². The summed E-state index contributed by atoms with van der Waals surface area (Å²) in [4.78, 5) is 14.5. The number of hydrazine groups is 1. The summed E-state index contributed by atoms with van der Waals surface area (Å²) in [7, 11) is 0. The monoisotopic (exact) mass is 163 g/mol. The van der Waals surface area contributed by atoms with Crippen molar-refractivity contribution in [2.45, 2.75) is 0 Å². The molecule has 0 aliphatic carbocycles. The van der Waals surface area contributed by atoms with Crippen LogP contribution in [-0.4, -0.2) is 10.9 Å². The summed E-state index contributed by atoms with van der Waals surface area (Å²) in [5.74, 6) is 4.55. The molecule has 1 heterocycles. The van der Waals surface area contributed by atoms with Crippen LogP contribution in [-0.2, 0) is 4.79 Å². The van der Waals surface area contributed by atoms with Gasteiger partial charge in [0.2, 0.25) is 0 Å². The molecule has 1 aromatic rings. The predicted molar refractivity (Wildman–Crippen MR) is 45.6 cm³/mol. The number of nitrogens with two attached hydrogens (primary N) is 1. The highest BCUT2D eigenvalue weighted by Crippen LogP contribution is 1.97. The third kappa shape index (κ3) is 2.51. The maximum absolute atomic E-state index is 10.6. The van der Waals surface area contributed by atoms with Crippen molar-refractivity contribution < 1.29 is 4.79 Å². The van der Waals surface area contributed by atoms with E-state index in [1.807, 2.05) is 5.43 Å². The molecule has 0 unspecified atom stereocenters. The molecule has 0 radical (unpaired) electrons. The quantitative estimate of drug-likeness (QED) is 0.281. The molecule has 0 saturated heterocycles. The van der Waals surface area contributed by atoms with Gasteiger partial charge in [0.05, 0.1) is 0 Å². The number of nitrogens with one attached hydrogen (secondary N) is 1. The second kappa shape index (κ2) is 4.25. The summed E-state index contributed by atoms with van der Waals surface area (Å²) >= 11 is 0. The van der Waals surface area contributed by atoms with Crippen LogP contribution in [0.5, 0.6) is 0 Å². The first-order valence-electron chi connectivity index (χ1n) is 3.41. The van der Waals surface area contributed by atoms with Gasteiger partial charge < -0.3 is 0 Å². The van der Waals surface area contributed by atoms with E-state index in [0.717, 1.165) is 5.56 Å².